The number of thioether (sulfide) groups is 1. The van der Waals surface area contributed by atoms with Gasteiger partial charge in [0.05, 0.1) is 23.0 Å². The van der Waals surface area contributed by atoms with Crippen molar-refractivity contribution in [2.75, 3.05) is 7.11 Å². The van der Waals surface area contributed by atoms with Crippen LogP contribution in [0.5, 0.6) is 5.75 Å². The van der Waals surface area contributed by atoms with Crippen LogP contribution in [0.3, 0.4) is 0 Å². The number of rotatable bonds is 12. The van der Waals surface area contributed by atoms with Gasteiger partial charge in [-0.2, -0.15) is 0 Å². The predicted octanol–water partition coefficient (Wildman–Crippen LogP) is 6.05. The lowest BCUT2D eigenvalue weighted by Crippen LogP contribution is -2.32. The van der Waals surface area contributed by atoms with E-state index in [4.69, 9.17) is 4.74 Å². The number of non-ortho nitro benzene ring substituents is 1. The van der Waals surface area contributed by atoms with E-state index in [1.165, 1.54) is 43.1 Å². The molecule has 0 bridgehead atoms. The largest absolute Gasteiger partial charge is 0.497 e. The SMILES string of the molecule is COc1ccc(S(=O)(=O)NC(Cc2ccccc2)c2nnc(SCc3cccc(C)c3)n2-c2ccc([N+](=O)[O-])cc2)cc1. The van der Waals surface area contributed by atoms with E-state index in [0.717, 1.165) is 16.7 Å². The smallest absolute Gasteiger partial charge is 0.269 e. The fourth-order valence-electron chi connectivity index (χ4n) is 4.56. The average Bonchev–Trinajstić information content (AvgIpc) is 3.44. The van der Waals surface area contributed by atoms with E-state index in [-0.39, 0.29) is 17.0 Å². The van der Waals surface area contributed by atoms with Crippen molar-refractivity contribution >= 4 is 27.5 Å². The van der Waals surface area contributed by atoms with Gasteiger partial charge in [0.1, 0.15) is 5.75 Å². The van der Waals surface area contributed by atoms with E-state index in [2.05, 4.69) is 21.0 Å². The average molecular weight is 616 g/mol. The van der Waals surface area contributed by atoms with Crippen LogP contribution in [0.25, 0.3) is 5.69 Å². The first-order valence-corrected chi connectivity index (χ1v) is 15.8. The fraction of sp³-hybridized carbons (Fsp3) is 0.161. The molecule has 0 amide bonds. The summed E-state index contributed by atoms with van der Waals surface area (Å²) in [5.41, 5.74) is 3.61. The van der Waals surface area contributed by atoms with Gasteiger partial charge >= 0.3 is 0 Å². The molecule has 220 valence electrons. The van der Waals surface area contributed by atoms with Crippen LogP contribution in [0.1, 0.15) is 28.6 Å². The van der Waals surface area contributed by atoms with Gasteiger partial charge in [0.15, 0.2) is 11.0 Å². The van der Waals surface area contributed by atoms with Crippen molar-refractivity contribution in [3.8, 4) is 11.4 Å². The third kappa shape index (κ3) is 7.28. The number of ether oxygens (including phenoxy) is 1. The lowest BCUT2D eigenvalue weighted by molar-refractivity contribution is -0.384. The molecule has 0 saturated heterocycles. The number of benzene rings is 4. The second-order valence-electron chi connectivity index (χ2n) is 9.77. The lowest BCUT2D eigenvalue weighted by atomic mass is 10.1. The van der Waals surface area contributed by atoms with Gasteiger partial charge in [0.2, 0.25) is 10.0 Å². The topological polar surface area (TPSA) is 129 Å². The number of hydrogen-bond acceptors (Lipinski definition) is 8. The van der Waals surface area contributed by atoms with Crippen LogP contribution in [0.2, 0.25) is 0 Å². The first-order valence-electron chi connectivity index (χ1n) is 13.3. The second kappa shape index (κ2) is 13.2. The number of hydrogen-bond donors (Lipinski definition) is 1. The van der Waals surface area contributed by atoms with Gasteiger partial charge < -0.3 is 4.74 Å². The van der Waals surface area contributed by atoms with Crippen molar-refractivity contribution in [2.45, 2.75) is 35.2 Å². The molecule has 1 N–H and O–H groups in total. The first-order chi connectivity index (χ1) is 20.7. The molecular weight excluding hydrogens is 587 g/mol. The monoisotopic (exact) mass is 615 g/mol. The maximum Gasteiger partial charge on any atom is 0.269 e. The van der Waals surface area contributed by atoms with E-state index in [0.29, 0.717) is 28.2 Å². The van der Waals surface area contributed by atoms with Gasteiger partial charge in [-0.1, -0.05) is 71.9 Å². The minimum atomic E-state index is -4.00. The molecule has 5 rings (SSSR count). The molecule has 0 fully saturated rings. The fourth-order valence-corrected chi connectivity index (χ4v) is 6.66. The van der Waals surface area contributed by atoms with E-state index in [1.807, 2.05) is 55.5 Å². The maximum atomic E-state index is 13.6. The quantitative estimate of drug-likeness (QED) is 0.102. The summed E-state index contributed by atoms with van der Waals surface area (Å²) in [6.45, 7) is 2.02. The standard InChI is InChI=1S/C31H29N5O5S2/c1-22-7-6-10-24(19-22)21-42-31-33-32-30(35(31)25-11-13-26(14-12-25)36(37)38)29(20-23-8-4-3-5-9-23)34-43(39,40)28-17-15-27(41-2)16-18-28/h3-19,29,34H,20-21H2,1-2H3. The predicted molar refractivity (Wildman–Crippen MR) is 165 cm³/mol. The third-order valence-electron chi connectivity index (χ3n) is 6.69. The molecule has 12 heteroatoms. The summed E-state index contributed by atoms with van der Waals surface area (Å²) in [6, 6.07) is 28.9. The number of nitro groups is 1. The van der Waals surface area contributed by atoms with Gasteiger partial charge in [-0.05, 0) is 60.9 Å². The molecule has 1 atom stereocenters. The van der Waals surface area contributed by atoms with E-state index < -0.39 is 21.0 Å². The van der Waals surface area contributed by atoms with Crippen LogP contribution in [0.15, 0.2) is 113 Å². The van der Waals surface area contributed by atoms with E-state index in [1.54, 1.807) is 28.8 Å². The van der Waals surface area contributed by atoms with Gasteiger partial charge in [-0.25, -0.2) is 13.1 Å². The van der Waals surface area contributed by atoms with Crippen LogP contribution in [-0.4, -0.2) is 35.2 Å². The summed E-state index contributed by atoms with van der Waals surface area (Å²) in [7, 11) is -2.49. The number of methoxy groups -OCH3 is 1. The summed E-state index contributed by atoms with van der Waals surface area (Å²) < 4.78 is 37.0. The summed E-state index contributed by atoms with van der Waals surface area (Å²) >= 11 is 1.44. The van der Waals surface area contributed by atoms with Crippen molar-refractivity contribution in [2.24, 2.45) is 0 Å². The molecule has 0 saturated carbocycles. The minimum absolute atomic E-state index is 0.0617. The molecule has 0 spiro atoms. The third-order valence-corrected chi connectivity index (χ3v) is 9.18. The van der Waals surface area contributed by atoms with Crippen LogP contribution < -0.4 is 9.46 Å². The number of aryl methyl sites for hydroxylation is 1. The minimum Gasteiger partial charge on any atom is -0.497 e. The summed E-state index contributed by atoms with van der Waals surface area (Å²) in [5.74, 6) is 1.47. The van der Waals surface area contributed by atoms with Crippen molar-refractivity contribution < 1.29 is 18.1 Å². The van der Waals surface area contributed by atoms with Crippen LogP contribution in [-0.2, 0) is 22.2 Å². The van der Waals surface area contributed by atoms with Crippen molar-refractivity contribution in [1.82, 2.24) is 19.5 Å². The van der Waals surface area contributed by atoms with Gasteiger partial charge in [-0.3, -0.25) is 14.7 Å². The molecule has 0 aliphatic rings. The Bertz CT molecular complexity index is 1810. The van der Waals surface area contributed by atoms with Crippen molar-refractivity contribution in [1.29, 1.82) is 0 Å². The number of aromatic nitrogens is 3. The highest BCUT2D eigenvalue weighted by Gasteiger charge is 2.28. The molecule has 4 aromatic carbocycles. The summed E-state index contributed by atoms with van der Waals surface area (Å²) in [6.07, 6.45) is 0.282. The Labute approximate surface area is 254 Å². The first kappa shape index (κ1) is 30.0. The van der Waals surface area contributed by atoms with E-state index >= 15 is 0 Å². The Balaban J connectivity index is 1.58. The number of sulfonamides is 1. The Morgan fingerprint density at radius 2 is 1.63 bits per heavy atom. The highest BCUT2D eigenvalue weighted by atomic mass is 32.2. The number of nitrogens with zero attached hydrogens (tertiary/aromatic N) is 4. The number of nitro benzene ring substituents is 1. The molecule has 1 unspecified atom stereocenters. The zero-order chi connectivity index (χ0) is 30.4. The molecule has 1 aromatic heterocycles. The molecule has 1 heterocycles. The van der Waals surface area contributed by atoms with Crippen molar-refractivity contribution in [3.05, 3.63) is 136 Å². The molecule has 5 aromatic rings. The molecule has 0 radical (unpaired) electrons. The molecule has 43 heavy (non-hydrogen) atoms. The second-order valence-corrected chi connectivity index (χ2v) is 12.4. The van der Waals surface area contributed by atoms with E-state index in [9.17, 15) is 18.5 Å². The summed E-state index contributed by atoms with van der Waals surface area (Å²) in [5, 5.41) is 20.8. The van der Waals surface area contributed by atoms with Gasteiger partial charge in [0, 0.05) is 23.6 Å². The zero-order valence-electron chi connectivity index (χ0n) is 23.5. The van der Waals surface area contributed by atoms with Gasteiger partial charge in [0.25, 0.3) is 5.69 Å². The highest BCUT2D eigenvalue weighted by molar-refractivity contribution is 7.98. The maximum absolute atomic E-state index is 13.6. The Morgan fingerprint density at radius 1 is 0.930 bits per heavy atom. The molecule has 10 nitrogen and oxygen atoms in total. The van der Waals surface area contributed by atoms with Crippen molar-refractivity contribution in [3.63, 3.8) is 0 Å². The molecular formula is C31H29N5O5S2. The Hall–Kier alpha value is -4.52. The van der Waals surface area contributed by atoms with Gasteiger partial charge in [-0.15, -0.1) is 10.2 Å². The van der Waals surface area contributed by atoms with Crippen LogP contribution >= 0.6 is 11.8 Å². The lowest BCUT2D eigenvalue weighted by Gasteiger charge is -2.20. The molecule has 0 aliphatic heterocycles. The van der Waals surface area contributed by atoms with Crippen LogP contribution in [0, 0.1) is 17.0 Å². The summed E-state index contributed by atoms with van der Waals surface area (Å²) in [4.78, 5) is 11.0. The Morgan fingerprint density at radius 3 is 2.28 bits per heavy atom. The number of nitrogens with one attached hydrogen (secondary N) is 1. The van der Waals surface area contributed by atoms with Crippen LogP contribution in [0.4, 0.5) is 5.69 Å². The highest BCUT2D eigenvalue weighted by Crippen LogP contribution is 2.31. The molecule has 0 aliphatic carbocycles. The normalized spacial score (nSPS) is 12.1. The zero-order valence-corrected chi connectivity index (χ0v) is 25.1. The Kier molecular flexibility index (Phi) is 9.19.